The summed E-state index contributed by atoms with van der Waals surface area (Å²) in [4.78, 5) is 12.6. The van der Waals surface area contributed by atoms with E-state index >= 15 is 0 Å². The number of nitrogens with zero attached hydrogens (tertiary/aromatic N) is 7. The van der Waals surface area contributed by atoms with Crippen LogP contribution >= 0.6 is 0 Å². The van der Waals surface area contributed by atoms with E-state index < -0.39 is 0 Å². The number of rotatable bonds is 7. The van der Waals surface area contributed by atoms with Crippen molar-refractivity contribution in [2.45, 2.75) is 12.6 Å². The predicted octanol–water partition coefficient (Wildman–Crippen LogP) is 0.706. The Morgan fingerprint density at radius 3 is 2.87 bits per heavy atom. The number of aromatic nitrogens is 7. The highest BCUT2D eigenvalue weighted by Gasteiger charge is 2.22. The zero-order valence-electron chi connectivity index (χ0n) is 12.6. The Morgan fingerprint density at radius 1 is 1.22 bits per heavy atom. The zero-order chi connectivity index (χ0) is 15.9. The molecule has 0 aliphatic carbocycles. The molecule has 3 rings (SSSR count). The lowest BCUT2D eigenvalue weighted by Gasteiger charge is -2.18. The number of pyridine rings is 1. The second-order valence-electron chi connectivity index (χ2n) is 4.70. The molecule has 0 saturated heterocycles. The van der Waals surface area contributed by atoms with E-state index in [9.17, 15) is 0 Å². The molecule has 3 aromatic rings. The number of ether oxygens (including phenoxy) is 1. The van der Waals surface area contributed by atoms with Gasteiger partial charge < -0.3 is 10.1 Å². The highest BCUT2D eigenvalue weighted by atomic mass is 16.5. The minimum atomic E-state index is -0.347. The lowest BCUT2D eigenvalue weighted by atomic mass is 10.2. The smallest absolute Gasteiger partial charge is 0.180 e. The SMILES string of the molecule is COCCn1nnnc1C(Nc1cccnc1)c1cnccn1. The third-order valence-corrected chi connectivity index (χ3v) is 3.18. The van der Waals surface area contributed by atoms with Gasteiger partial charge in [0.15, 0.2) is 5.82 Å². The van der Waals surface area contributed by atoms with Crippen LogP contribution in [0.1, 0.15) is 17.6 Å². The van der Waals surface area contributed by atoms with Crippen LogP contribution in [0.15, 0.2) is 43.1 Å². The zero-order valence-corrected chi connectivity index (χ0v) is 12.6. The van der Waals surface area contributed by atoms with E-state index in [-0.39, 0.29) is 6.04 Å². The molecule has 9 nitrogen and oxygen atoms in total. The maximum atomic E-state index is 5.10. The van der Waals surface area contributed by atoms with Crippen molar-refractivity contribution in [1.29, 1.82) is 0 Å². The monoisotopic (exact) mass is 312 g/mol. The first kappa shape index (κ1) is 15.0. The van der Waals surface area contributed by atoms with Gasteiger partial charge in [-0.05, 0) is 22.6 Å². The van der Waals surface area contributed by atoms with Gasteiger partial charge in [0.25, 0.3) is 0 Å². The summed E-state index contributed by atoms with van der Waals surface area (Å²) < 4.78 is 6.79. The van der Waals surface area contributed by atoms with Gasteiger partial charge in [-0.2, -0.15) is 0 Å². The van der Waals surface area contributed by atoms with Crippen LogP contribution in [0.25, 0.3) is 0 Å². The summed E-state index contributed by atoms with van der Waals surface area (Å²) >= 11 is 0. The van der Waals surface area contributed by atoms with Crippen LogP contribution in [0, 0.1) is 0 Å². The lowest BCUT2D eigenvalue weighted by Crippen LogP contribution is -2.21. The van der Waals surface area contributed by atoms with Gasteiger partial charge in [0.05, 0.1) is 30.7 Å². The average Bonchev–Trinajstić information content (AvgIpc) is 3.07. The molecule has 0 aliphatic heterocycles. The van der Waals surface area contributed by atoms with Gasteiger partial charge in [-0.15, -0.1) is 5.10 Å². The number of hydrogen-bond acceptors (Lipinski definition) is 8. The second-order valence-corrected chi connectivity index (χ2v) is 4.70. The fourth-order valence-electron chi connectivity index (χ4n) is 2.10. The summed E-state index contributed by atoms with van der Waals surface area (Å²) in [6.45, 7) is 1.06. The van der Waals surface area contributed by atoms with Gasteiger partial charge in [-0.1, -0.05) is 0 Å². The molecule has 0 saturated carbocycles. The molecule has 1 N–H and O–H groups in total. The minimum absolute atomic E-state index is 0.347. The van der Waals surface area contributed by atoms with Crippen molar-refractivity contribution in [3.8, 4) is 0 Å². The maximum Gasteiger partial charge on any atom is 0.180 e. The van der Waals surface area contributed by atoms with Crippen molar-refractivity contribution in [2.24, 2.45) is 0 Å². The molecule has 3 aromatic heterocycles. The molecule has 9 heteroatoms. The highest BCUT2D eigenvalue weighted by molar-refractivity contribution is 5.43. The summed E-state index contributed by atoms with van der Waals surface area (Å²) in [5.74, 6) is 0.631. The summed E-state index contributed by atoms with van der Waals surface area (Å²) in [7, 11) is 1.64. The standard InChI is InChI=1S/C14H16N8O/c1-23-8-7-22-14(19-20-21-22)13(12-10-16-5-6-17-12)18-11-3-2-4-15-9-11/h2-6,9-10,13,18H,7-8H2,1H3. The Kier molecular flexibility index (Phi) is 4.79. The van der Waals surface area contributed by atoms with Crippen molar-refractivity contribution in [1.82, 2.24) is 35.2 Å². The molecule has 0 amide bonds. The van der Waals surface area contributed by atoms with E-state index in [1.807, 2.05) is 12.1 Å². The Labute approximate surface area is 132 Å². The van der Waals surface area contributed by atoms with Crippen molar-refractivity contribution in [2.75, 3.05) is 19.0 Å². The molecular formula is C14H16N8O. The topological polar surface area (TPSA) is 104 Å². The number of tetrazole rings is 1. The third-order valence-electron chi connectivity index (χ3n) is 3.18. The van der Waals surface area contributed by atoms with Crippen molar-refractivity contribution < 1.29 is 4.74 Å². The van der Waals surface area contributed by atoms with Gasteiger partial charge in [0, 0.05) is 31.9 Å². The Bertz CT molecular complexity index is 718. The van der Waals surface area contributed by atoms with Gasteiger partial charge in [-0.3, -0.25) is 15.0 Å². The van der Waals surface area contributed by atoms with Crippen LogP contribution in [0.2, 0.25) is 0 Å². The van der Waals surface area contributed by atoms with E-state index in [0.29, 0.717) is 24.7 Å². The van der Waals surface area contributed by atoms with Gasteiger partial charge in [-0.25, -0.2) is 4.68 Å². The predicted molar refractivity (Wildman–Crippen MR) is 81.4 cm³/mol. The first-order valence-electron chi connectivity index (χ1n) is 7.06. The summed E-state index contributed by atoms with van der Waals surface area (Å²) in [5.41, 5.74) is 1.55. The molecule has 3 heterocycles. The molecule has 0 spiro atoms. The number of anilines is 1. The van der Waals surface area contributed by atoms with Gasteiger partial charge >= 0.3 is 0 Å². The molecular weight excluding hydrogens is 296 g/mol. The van der Waals surface area contributed by atoms with E-state index in [0.717, 1.165) is 5.69 Å². The quantitative estimate of drug-likeness (QED) is 0.680. The summed E-state index contributed by atoms with van der Waals surface area (Å²) in [5, 5.41) is 15.3. The van der Waals surface area contributed by atoms with E-state index in [2.05, 4.69) is 35.8 Å². The first-order valence-corrected chi connectivity index (χ1v) is 7.06. The van der Waals surface area contributed by atoms with E-state index in [1.165, 1.54) is 0 Å². The maximum absolute atomic E-state index is 5.10. The lowest BCUT2D eigenvalue weighted by molar-refractivity contribution is 0.181. The second kappa shape index (κ2) is 7.36. The van der Waals surface area contributed by atoms with Gasteiger partial charge in [0.2, 0.25) is 0 Å². The highest BCUT2D eigenvalue weighted by Crippen LogP contribution is 2.22. The largest absolute Gasteiger partial charge is 0.383 e. The molecule has 0 aliphatic rings. The van der Waals surface area contributed by atoms with Crippen molar-refractivity contribution in [3.05, 3.63) is 54.6 Å². The van der Waals surface area contributed by atoms with Crippen LogP contribution < -0.4 is 5.32 Å². The van der Waals surface area contributed by atoms with E-state index in [1.54, 1.807) is 42.8 Å². The van der Waals surface area contributed by atoms with Gasteiger partial charge in [0.1, 0.15) is 6.04 Å². The third kappa shape index (κ3) is 3.64. The number of hydrogen-bond donors (Lipinski definition) is 1. The molecule has 0 fully saturated rings. The van der Waals surface area contributed by atoms with Crippen LogP contribution in [0.4, 0.5) is 5.69 Å². The Morgan fingerprint density at radius 2 is 2.13 bits per heavy atom. The van der Waals surface area contributed by atoms with Crippen LogP contribution in [-0.4, -0.2) is 48.9 Å². The Hall–Kier alpha value is -2.94. The molecule has 0 bridgehead atoms. The minimum Gasteiger partial charge on any atom is -0.383 e. The van der Waals surface area contributed by atoms with Crippen LogP contribution in [0.5, 0.6) is 0 Å². The van der Waals surface area contributed by atoms with Crippen LogP contribution in [-0.2, 0) is 11.3 Å². The summed E-state index contributed by atoms with van der Waals surface area (Å²) in [6, 6.07) is 3.42. The summed E-state index contributed by atoms with van der Waals surface area (Å²) in [6.07, 6.45) is 8.39. The molecule has 0 aromatic carbocycles. The fourth-order valence-corrected chi connectivity index (χ4v) is 2.10. The molecule has 1 unspecified atom stereocenters. The van der Waals surface area contributed by atoms with E-state index in [4.69, 9.17) is 4.74 Å². The molecule has 1 atom stereocenters. The number of nitrogens with one attached hydrogen (secondary N) is 1. The van der Waals surface area contributed by atoms with Crippen molar-refractivity contribution in [3.63, 3.8) is 0 Å². The number of methoxy groups -OCH3 is 1. The fraction of sp³-hybridized carbons (Fsp3) is 0.286. The molecule has 118 valence electrons. The first-order chi connectivity index (χ1) is 11.4. The average molecular weight is 312 g/mol. The molecule has 23 heavy (non-hydrogen) atoms. The Balaban J connectivity index is 1.94. The van der Waals surface area contributed by atoms with Crippen molar-refractivity contribution >= 4 is 5.69 Å². The molecule has 0 radical (unpaired) electrons. The van der Waals surface area contributed by atoms with Crippen LogP contribution in [0.3, 0.4) is 0 Å². The normalized spacial score (nSPS) is 12.0.